The number of anilines is 1. The van der Waals surface area contributed by atoms with Gasteiger partial charge in [-0.05, 0) is 37.3 Å². The second-order valence-corrected chi connectivity index (χ2v) is 5.27. The summed E-state index contributed by atoms with van der Waals surface area (Å²) in [7, 11) is 0. The van der Waals surface area contributed by atoms with Crippen LogP contribution in [0, 0.1) is 6.92 Å². The highest BCUT2D eigenvalue weighted by molar-refractivity contribution is 6.31. The molecule has 5 nitrogen and oxygen atoms in total. The molecule has 0 bridgehead atoms. The van der Waals surface area contributed by atoms with Crippen molar-refractivity contribution >= 4 is 23.2 Å². The maximum atomic E-state index is 12.2. The molecule has 0 saturated heterocycles. The molecule has 1 aromatic heterocycles. The van der Waals surface area contributed by atoms with Crippen LogP contribution in [0.3, 0.4) is 0 Å². The summed E-state index contributed by atoms with van der Waals surface area (Å²) in [6.07, 6.45) is 0. The van der Waals surface area contributed by atoms with Gasteiger partial charge in [0, 0.05) is 11.1 Å². The van der Waals surface area contributed by atoms with Gasteiger partial charge in [-0.2, -0.15) is 0 Å². The average Bonchev–Trinajstić information content (AvgIpc) is 2.98. The van der Waals surface area contributed by atoms with Gasteiger partial charge in [-0.25, -0.2) is 0 Å². The van der Waals surface area contributed by atoms with Gasteiger partial charge in [0.05, 0.1) is 5.69 Å². The first-order valence-electron chi connectivity index (χ1n) is 6.89. The maximum absolute atomic E-state index is 12.2. The van der Waals surface area contributed by atoms with Gasteiger partial charge in [-0.3, -0.25) is 4.79 Å². The van der Waals surface area contributed by atoms with Crippen molar-refractivity contribution in [3.8, 4) is 11.5 Å². The van der Waals surface area contributed by atoms with Crippen LogP contribution in [0.25, 0.3) is 0 Å². The standard InChI is InChI=1S/C17H13ClN2O3/c1-11-9-15(20-23-11)17(21)19-14-10-12(18)7-8-16(14)22-13-5-3-2-4-6-13/h2-10H,1H3,(H,19,21). The van der Waals surface area contributed by atoms with Crippen molar-refractivity contribution in [1.82, 2.24) is 5.16 Å². The Labute approximate surface area is 137 Å². The van der Waals surface area contributed by atoms with E-state index >= 15 is 0 Å². The highest BCUT2D eigenvalue weighted by Gasteiger charge is 2.14. The van der Waals surface area contributed by atoms with E-state index in [-0.39, 0.29) is 5.69 Å². The minimum Gasteiger partial charge on any atom is -0.455 e. The summed E-state index contributed by atoms with van der Waals surface area (Å²) in [4.78, 5) is 12.2. The minimum atomic E-state index is -0.401. The van der Waals surface area contributed by atoms with Gasteiger partial charge in [-0.15, -0.1) is 0 Å². The Bertz CT molecular complexity index is 831. The number of ether oxygens (including phenoxy) is 1. The Kier molecular flexibility index (Phi) is 4.30. The first-order valence-corrected chi connectivity index (χ1v) is 7.27. The molecule has 0 unspecified atom stereocenters. The number of halogens is 1. The van der Waals surface area contributed by atoms with Gasteiger partial charge >= 0.3 is 0 Å². The van der Waals surface area contributed by atoms with E-state index in [2.05, 4.69) is 10.5 Å². The monoisotopic (exact) mass is 328 g/mol. The Morgan fingerprint density at radius 2 is 1.96 bits per heavy atom. The number of amides is 1. The maximum Gasteiger partial charge on any atom is 0.277 e. The first-order chi connectivity index (χ1) is 11.1. The van der Waals surface area contributed by atoms with Crippen LogP contribution in [0.1, 0.15) is 16.2 Å². The molecule has 6 heteroatoms. The van der Waals surface area contributed by atoms with Gasteiger partial charge in [0.2, 0.25) is 0 Å². The van der Waals surface area contributed by atoms with Gasteiger partial charge < -0.3 is 14.6 Å². The average molecular weight is 329 g/mol. The fraction of sp³-hybridized carbons (Fsp3) is 0.0588. The molecule has 3 aromatic rings. The number of aromatic nitrogens is 1. The summed E-state index contributed by atoms with van der Waals surface area (Å²) in [5.41, 5.74) is 0.639. The highest BCUT2D eigenvalue weighted by Crippen LogP contribution is 2.32. The third-order valence-electron chi connectivity index (χ3n) is 3.02. The number of hydrogen-bond acceptors (Lipinski definition) is 4. The van der Waals surface area contributed by atoms with E-state index in [1.54, 1.807) is 31.2 Å². The third kappa shape index (κ3) is 3.70. The summed E-state index contributed by atoms with van der Waals surface area (Å²) in [5.74, 6) is 1.29. The Balaban J connectivity index is 1.86. The molecular weight excluding hydrogens is 316 g/mol. The SMILES string of the molecule is Cc1cc(C(=O)Nc2cc(Cl)ccc2Oc2ccccc2)no1. The number of benzene rings is 2. The lowest BCUT2D eigenvalue weighted by Gasteiger charge is -2.12. The van der Waals surface area contributed by atoms with E-state index in [1.165, 1.54) is 0 Å². The van der Waals surface area contributed by atoms with Crippen molar-refractivity contribution in [2.24, 2.45) is 0 Å². The van der Waals surface area contributed by atoms with Crippen molar-refractivity contribution < 1.29 is 14.1 Å². The normalized spacial score (nSPS) is 10.3. The molecule has 1 heterocycles. The van der Waals surface area contributed by atoms with Crippen LogP contribution < -0.4 is 10.1 Å². The molecule has 0 atom stereocenters. The fourth-order valence-corrected chi connectivity index (χ4v) is 2.14. The van der Waals surface area contributed by atoms with E-state index in [4.69, 9.17) is 20.9 Å². The van der Waals surface area contributed by atoms with E-state index < -0.39 is 5.91 Å². The zero-order valence-corrected chi connectivity index (χ0v) is 13.0. The lowest BCUT2D eigenvalue weighted by molar-refractivity contribution is 0.101. The van der Waals surface area contributed by atoms with Crippen LogP contribution in [0.2, 0.25) is 5.02 Å². The largest absolute Gasteiger partial charge is 0.455 e. The van der Waals surface area contributed by atoms with Crippen molar-refractivity contribution in [3.63, 3.8) is 0 Å². The quantitative estimate of drug-likeness (QED) is 0.755. The molecule has 0 aliphatic carbocycles. The number of rotatable bonds is 4. The van der Waals surface area contributed by atoms with Crippen LogP contribution in [0.15, 0.2) is 59.1 Å². The van der Waals surface area contributed by atoms with Crippen molar-refractivity contribution in [1.29, 1.82) is 0 Å². The molecule has 0 aliphatic heterocycles. The minimum absolute atomic E-state index is 0.188. The molecule has 0 aliphatic rings. The molecule has 2 aromatic carbocycles. The van der Waals surface area contributed by atoms with Crippen LogP contribution in [-0.2, 0) is 0 Å². The van der Waals surface area contributed by atoms with Crippen molar-refractivity contribution in [3.05, 3.63) is 71.1 Å². The molecular formula is C17H13ClN2O3. The molecule has 23 heavy (non-hydrogen) atoms. The molecule has 1 amide bonds. The molecule has 0 radical (unpaired) electrons. The Morgan fingerprint density at radius 1 is 1.17 bits per heavy atom. The second-order valence-electron chi connectivity index (χ2n) is 4.83. The topological polar surface area (TPSA) is 64.4 Å². The first kappa shape index (κ1) is 15.1. The Morgan fingerprint density at radius 3 is 2.65 bits per heavy atom. The molecule has 1 N–H and O–H groups in total. The Hall–Kier alpha value is -2.79. The zero-order chi connectivity index (χ0) is 16.2. The van der Waals surface area contributed by atoms with Gasteiger partial charge in [0.15, 0.2) is 11.4 Å². The highest BCUT2D eigenvalue weighted by atomic mass is 35.5. The van der Waals surface area contributed by atoms with Crippen LogP contribution in [-0.4, -0.2) is 11.1 Å². The summed E-state index contributed by atoms with van der Waals surface area (Å²) in [6.45, 7) is 1.72. The number of carbonyl (C=O) groups excluding carboxylic acids is 1. The van der Waals surface area contributed by atoms with Crippen LogP contribution >= 0.6 is 11.6 Å². The molecule has 116 valence electrons. The predicted octanol–water partition coefficient (Wildman–Crippen LogP) is 4.68. The molecule has 3 rings (SSSR count). The van der Waals surface area contributed by atoms with E-state index in [0.717, 1.165) is 0 Å². The van der Waals surface area contributed by atoms with E-state index in [9.17, 15) is 4.79 Å². The van der Waals surface area contributed by atoms with Crippen LogP contribution in [0.4, 0.5) is 5.69 Å². The summed E-state index contributed by atoms with van der Waals surface area (Å²) in [5, 5.41) is 6.90. The zero-order valence-electron chi connectivity index (χ0n) is 12.2. The van der Waals surface area contributed by atoms with E-state index in [1.807, 2.05) is 30.3 Å². The lowest BCUT2D eigenvalue weighted by atomic mass is 10.2. The smallest absolute Gasteiger partial charge is 0.277 e. The van der Waals surface area contributed by atoms with Gasteiger partial charge in [0.1, 0.15) is 11.5 Å². The number of carbonyl (C=O) groups is 1. The fourth-order valence-electron chi connectivity index (χ4n) is 1.96. The number of hydrogen-bond donors (Lipinski definition) is 1. The number of aryl methyl sites for hydroxylation is 1. The van der Waals surface area contributed by atoms with Gasteiger partial charge in [-0.1, -0.05) is 35.0 Å². The molecule has 0 spiro atoms. The summed E-state index contributed by atoms with van der Waals surface area (Å²) in [6, 6.07) is 15.8. The van der Waals surface area contributed by atoms with Crippen LogP contribution in [0.5, 0.6) is 11.5 Å². The second kappa shape index (κ2) is 6.54. The third-order valence-corrected chi connectivity index (χ3v) is 3.26. The molecule has 0 fully saturated rings. The van der Waals surface area contributed by atoms with Gasteiger partial charge in [0.25, 0.3) is 5.91 Å². The predicted molar refractivity (Wildman–Crippen MR) is 87.2 cm³/mol. The number of nitrogens with one attached hydrogen (secondary N) is 1. The lowest BCUT2D eigenvalue weighted by Crippen LogP contribution is -2.12. The number of nitrogens with zero attached hydrogens (tertiary/aromatic N) is 1. The van der Waals surface area contributed by atoms with Crippen molar-refractivity contribution in [2.45, 2.75) is 6.92 Å². The summed E-state index contributed by atoms with van der Waals surface area (Å²) >= 11 is 6.01. The molecule has 0 saturated carbocycles. The van der Waals surface area contributed by atoms with E-state index in [0.29, 0.717) is 28.0 Å². The summed E-state index contributed by atoms with van der Waals surface area (Å²) < 4.78 is 10.7. The van der Waals surface area contributed by atoms with Crippen molar-refractivity contribution in [2.75, 3.05) is 5.32 Å². The number of para-hydroxylation sites is 1.